The zero-order chi connectivity index (χ0) is 13.7. The summed E-state index contributed by atoms with van der Waals surface area (Å²) in [6.07, 6.45) is 0. The van der Waals surface area contributed by atoms with E-state index in [9.17, 15) is 4.21 Å². The second-order valence-electron chi connectivity index (χ2n) is 4.31. The van der Waals surface area contributed by atoms with E-state index in [1.165, 1.54) is 0 Å². The minimum atomic E-state index is -0.938. The van der Waals surface area contributed by atoms with Crippen molar-refractivity contribution in [2.75, 3.05) is 19.3 Å². The van der Waals surface area contributed by atoms with Crippen LogP contribution in [0.25, 0.3) is 0 Å². The SMILES string of the molecule is CN(CC[S@@](=O)c1ccccc1)Cc1ccc(Br)o1. The Morgan fingerprint density at radius 1 is 1.21 bits per heavy atom. The maximum atomic E-state index is 12.1. The normalized spacial score (nSPS) is 12.8. The molecular formula is C14H16BrNO2S. The number of hydrogen-bond donors (Lipinski definition) is 0. The van der Waals surface area contributed by atoms with E-state index in [2.05, 4.69) is 20.8 Å². The van der Waals surface area contributed by atoms with Crippen LogP contribution in [0.5, 0.6) is 0 Å². The molecule has 0 N–H and O–H groups in total. The van der Waals surface area contributed by atoms with E-state index < -0.39 is 10.8 Å². The van der Waals surface area contributed by atoms with Gasteiger partial charge in [0.2, 0.25) is 0 Å². The highest BCUT2D eigenvalue weighted by molar-refractivity contribution is 9.10. The molecule has 0 saturated heterocycles. The first-order valence-corrected chi connectivity index (χ1v) is 8.12. The first-order chi connectivity index (χ1) is 9.15. The van der Waals surface area contributed by atoms with Gasteiger partial charge in [-0.05, 0) is 47.2 Å². The summed E-state index contributed by atoms with van der Waals surface area (Å²) in [5.74, 6) is 1.53. The summed E-state index contributed by atoms with van der Waals surface area (Å²) >= 11 is 3.28. The van der Waals surface area contributed by atoms with Crippen molar-refractivity contribution in [2.24, 2.45) is 0 Å². The predicted molar refractivity (Wildman–Crippen MR) is 80.5 cm³/mol. The Kier molecular flexibility index (Phi) is 5.36. The molecule has 1 aromatic carbocycles. The van der Waals surface area contributed by atoms with Gasteiger partial charge in [0.25, 0.3) is 0 Å². The first-order valence-electron chi connectivity index (χ1n) is 6.01. The molecule has 0 aliphatic carbocycles. The van der Waals surface area contributed by atoms with Crippen LogP contribution in [-0.2, 0) is 17.3 Å². The number of rotatable bonds is 6. The summed E-state index contributed by atoms with van der Waals surface area (Å²) in [4.78, 5) is 2.99. The first kappa shape index (κ1) is 14.5. The van der Waals surface area contributed by atoms with Crippen LogP contribution in [0.15, 0.2) is 56.4 Å². The van der Waals surface area contributed by atoms with Crippen LogP contribution in [0.2, 0.25) is 0 Å². The largest absolute Gasteiger partial charge is 0.453 e. The summed E-state index contributed by atoms with van der Waals surface area (Å²) in [6, 6.07) is 13.4. The molecule has 1 atom stereocenters. The van der Waals surface area contributed by atoms with Crippen LogP contribution in [0.3, 0.4) is 0 Å². The summed E-state index contributed by atoms with van der Waals surface area (Å²) in [7, 11) is 1.06. The zero-order valence-electron chi connectivity index (χ0n) is 10.7. The van der Waals surface area contributed by atoms with E-state index in [0.29, 0.717) is 5.75 Å². The number of furan rings is 1. The smallest absolute Gasteiger partial charge is 0.169 e. The predicted octanol–water partition coefficient (Wildman–Crippen LogP) is 3.28. The fourth-order valence-corrected chi connectivity index (χ4v) is 3.22. The van der Waals surface area contributed by atoms with Gasteiger partial charge in [-0.1, -0.05) is 18.2 Å². The second-order valence-corrected chi connectivity index (χ2v) is 6.66. The quantitative estimate of drug-likeness (QED) is 0.808. The molecule has 102 valence electrons. The van der Waals surface area contributed by atoms with E-state index in [1.807, 2.05) is 49.5 Å². The minimum Gasteiger partial charge on any atom is -0.453 e. The molecule has 0 aliphatic rings. The fourth-order valence-electron chi connectivity index (χ4n) is 1.71. The molecule has 1 heterocycles. The van der Waals surface area contributed by atoms with Crippen molar-refractivity contribution in [1.29, 1.82) is 0 Å². The van der Waals surface area contributed by atoms with Crippen LogP contribution in [-0.4, -0.2) is 28.5 Å². The molecule has 5 heteroatoms. The average molecular weight is 342 g/mol. The summed E-state index contributed by atoms with van der Waals surface area (Å²) in [5.41, 5.74) is 0. The third-order valence-corrected chi connectivity index (χ3v) is 4.50. The van der Waals surface area contributed by atoms with Crippen LogP contribution in [0.4, 0.5) is 0 Å². The minimum absolute atomic E-state index is 0.627. The molecule has 0 unspecified atom stereocenters. The highest BCUT2D eigenvalue weighted by Gasteiger charge is 2.07. The van der Waals surface area contributed by atoms with Gasteiger partial charge in [-0.2, -0.15) is 0 Å². The van der Waals surface area contributed by atoms with E-state index in [1.54, 1.807) is 0 Å². The summed E-state index contributed by atoms with van der Waals surface area (Å²) in [6.45, 7) is 1.48. The standard InChI is InChI=1S/C14H16BrNO2S/c1-16(11-12-7-8-14(15)18-12)9-10-19(17)13-5-3-2-4-6-13/h2-8H,9-11H2,1H3/t19-/m1/s1. The third-order valence-electron chi connectivity index (χ3n) is 2.72. The third kappa shape index (κ3) is 4.60. The summed E-state index contributed by atoms with van der Waals surface area (Å²) in [5, 5.41) is 0. The van der Waals surface area contributed by atoms with Crippen molar-refractivity contribution in [1.82, 2.24) is 4.90 Å². The van der Waals surface area contributed by atoms with Gasteiger partial charge < -0.3 is 4.42 Å². The Morgan fingerprint density at radius 3 is 2.58 bits per heavy atom. The maximum absolute atomic E-state index is 12.1. The number of benzene rings is 1. The molecule has 3 nitrogen and oxygen atoms in total. The number of nitrogens with zero attached hydrogens (tertiary/aromatic N) is 1. The molecule has 19 heavy (non-hydrogen) atoms. The molecule has 0 fully saturated rings. The van der Waals surface area contributed by atoms with Crippen molar-refractivity contribution in [2.45, 2.75) is 11.4 Å². The number of hydrogen-bond acceptors (Lipinski definition) is 3. The molecule has 2 aromatic rings. The molecule has 0 aliphatic heterocycles. The van der Waals surface area contributed by atoms with Gasteiger partial charge >= 0.3 is 0 Å². The van der Waals surface area contributed by atoms with Gasteiger partial charge in [-0.15, -0.1) is 0 Å². The summed E-state index contributed by atoms with van der Waals surface area (Å²) < 4.78 is 18.2. The van der Waals surface area contributed by atoms with E-state index in [4.69, 9.17) is 4.42 Å². The van der Waals surface area contributed by atoms with Crippen LogP contribution < -0.4 is 0 Å². The lowest BCUT2D eigenvalue weighted by Crippen LogP contribution is -2.23. The molecule has 0 bridgehead atoms. The van der Waals surface area contributed by atoms with Crippen molar-refractivity contribution in [3.8, 4) is 0 Å². The van der Waals surface area contributed by atoms with Crippen molar-refractivity contribution in [3.05, 3.63) is 52.9 Å². The average Bonchev–Trinajstić information content (AvgIpc) is 2.82. The van der Waals surface area contributed by atoms with Crippen molar-refractivity contribution < 1.29 is 8.63 Å². The van der Waals surface area contributed by atoms with Crippen LogP contribution >= 0.6 is 15.9 Å². The lowest BCUT2D eigenvalue weighted by Gasteiger charge is -2.14. The Labute approximate surface area is 124 Å². The molecule has 2 rings (SSSR count). The molecule has 0 radical (unpaired) electrons. The van der Waals surface area contributed by atoms with E-state index in [-0.39, 0.29) is 0 Å². The Hall–Kier alpha value is -0.910. The maximum Gasteiger partial charge on any atom is 0.169 e. The van der Waals surface area contributed by atoms with Gasteiger partial charge in [-0.25, -0.2) is 0 Å². The topological polar surface area (TPSA) is 33.5 Å². The van der Waals surface area contributed by atoms with Gasteiger partial charge in [0.15, 0.2) is 4.67 Å². The van der Waals surface area contributed by atoms with Gasteiger partial charge in [0.05, 0.1) is 17.3 Å². The number of halogens is 1. The van der Waals surface area contributed by atoms with Crippen molar-refractivity contribution >= 4 is 26.7 Å². The Morgan fingerprint density at radius 2 is 1.95 bits per heavy atom. The second kappa shape index (κ2) is 7.03. The molecule has 0 spiro atoms. The fraction of sp³-hybridized carbons (Fsp3) is 0.286. The highest BCUT2D eigenvalue weighted by atomic mass is 79.9. The molecule has 0 saturated carbocycles. The zero-order valence-corrected chi connectivity index (χ0v) is 13.1. The molecular weight excluding hydrogens is 326 g/mol. The highest BCUT2D eigenvalue weighted by Crippen LogP contribution is 2.15. The monoisotopic (exact) mass is 341 g/mol. The lowest BCUT2D eigenvalue weighted by atomic mass is 10.4. The Balaban J connectivity index is 1.80. The van der Waals surface area contributed by atoms with Crippen LogP contribution in [0, 0.1) is 0 Å². The van der Waals surface area contributed by atoms with Gasteiger partial charge in [0, 0.05) is 17.2 Å². The molecule has 1 aromatic heterocycles. The molecule has 0 amide bonds. The van der Waals surface area contributed by atoms with E-state index in [0.717, 1.165) is 28.4 Å². The van der Waals surface area contributed by atoms with Crippen molar-refractivity contribution in [3.63, 3.8) is 0 Å². The van der Waals surface area contributed by atoms with Crippen LogP contribution in [0.1, 0.15) is 5.76 Å². The van der Waals surface area contributed by atoms with E-state index >= 15 is 0 Å². The van der Waals surface area contributed by atoms with Gasteiger partial charge in [0.1, 0.15) is 5.76 Å². The lowest BCUT2D eigenvalue weighted by molar-refractivity contribution is 0.307. The Bertz CT molecular complexity index is 541. The van der Waals surface area contributed by atoms with Gasteiger partial charge in [-0.3, -0.25) is 9.11 Å².